The molecule has 0 amide bonds. The molecule has 1 saturated carbocycles. The largest absolute Gasteiger partial charge is 0.465 e. The van der Waals surface area contributed by atoms with Gasteiger partial charge < -0.3 is 9.47 Å². The van der Waals surface area contributed by atoms with Gasteiger partial charge in [-0.1, -0.05) is 39.5 Å². The van der Waals surface area contributed by atoms with Crippen LogP contribution in [0.25, 0.3) is 0 Å². The van der Waals surface area contributed by atoms with Crippen molar-refractivity contribution in [1.29, 1.82) is 0 Å². The molecule has 4 heteroatoms. The number of esters is 2. The fourth-order valence-corrected chi connectivity index (χ4v) is 2.93. The third-order valence-corrected chi connectivity index (χ3v) is 4.33. The molecule has 1 unspecified atom stereocenters. The highest BCUT2D eigenvalue weighted by molar-refractivity contribution is 5.72. The summed E-state index contributed by atoms with van der Waals surface area (Å²) in [5.74, 6) is 0.168. The molecule has 0 radical (unpaired) electrons. The van der Waals surface area contributed by atoms with Gasteiger partial charge in [0.2, 0.25) is 0 Å². The van der Waals surface area contributed by atoms with E-state index in [0.717, 1.165) is 19.3 Å². The van der Waals surface area contributed by atoms with Crippen molar-refractivity contribution in [2.45, 2.75) is 90.6 Å². The van der Waals surface area contributed by atoms with Crippen molar-refractivity contribution in [1.82, 2.24) is 0 Å². The minimum absolute atomic E-state index is 0.0238. The van der Waals surface area contributed by atoms with Crippen molar-refractivity contribution in [3.05, 3.63) is 0 Å². The molecule has 0 aromatic carbocycles. The van der Waals surface area contributed by atoms with E-state index in [1.165, 1.54) is 32.1 Å². The maximum Gasteiger partial charge on any atom is 0.306 e. The molecule has 0 spiro atoms. The van der Waals surface area contributed by atoms with Gasteiger partial charge in [0, 0.05) is 12.8 Å². The van der Waals surface area contributed by atoms with Crippen LogP contribution in [0.1, 0.15) is 84.5 Å². The summed E-state index contributed by atoms with van der Waals surface area (Å²) in [4.78, 5) is 23.4. The van der Waals surface area contributed by atoms with Gasteiger partial charge in [-0.25, -0.2) is 0 Å². The molecule has 128 valence electrons. The van der Waals surface area contributed by atoms with Gasteiger partial charge in [-0.05, 0) is 38.0 Å². The maximum atomic E-state index is 11.7. The summed E-state index contributed by atoms with van der Waals surface area (Å²) >= 11 is 0. The molecule has 1 rings (SSSR count). The van der Waals surface area contributed by atoms with Gasteiger partial charge in [0.1, 0.15) is 6.10 Å². The summed E-state index contributed by atoms with van der Waals surface area (Å²) in [5, 5.41) is 0. The average Bonchev–Trinajstić information content (AvgIpc) is 2.53. The van der Waals surface area contributed by atoms with Gasteiger partial charge in [0.05, 0.1) is 6.61 Å². The molecule has 0 aromatic heterocycles. The predicted molar refractivity (Wildman–Crippen MR) is 86.5 cm³/mol. The molecule has 0 heterocycles. The fourth-order valence-electron chi connectivity index (χ4n) is 2.93. The van der Waals surface area contributed by atoms with Gasteiger partial charge in [0.15, 0.2) is 0 Å². The predicted octanol–water partition coefficient (Wildman–Crippen LogP) is 4.40. The summed E-state index contributed by atoms with van der Waals surface area (Å²) < 4.78 is 10.7. The minimum atomic E-state index is -0.194. The first-order valence-electron chi connectivity index (χ1n) is 9.00. The summed E-state index contributed by atoms with van der Waals surface area (Å²) in [6.45, 7) is 4.66. The molecule has 1 aliphatic rings. The standard InChI is InChI=1S/C18H32O4/c1-3-9-16(4-2)22-18(20)13-8-12-17(19)21-14-15-10-6-5-7-11-15/h15-16H,3-14H2,1-2H3. The topological polar surface area (TPSA) is 52.6 Å². The maximum absolute atomic E-state index is 11.7. The van der Waals surface area contributed by atoms with E-state index in [1.807, 2.05) is 6.92 Å². The number of carbonyl (C=O) groups is 2. The first-order chi connectivity index (χ1) is 10.7. The zero-order chi connectivity index (χ0) is 16.2. The number of hydrogen-bond donors (Lipinski definition) is 0. The fraction of sp³-hybridized carbons (Fsp3) is 0.889. The first-order valence-corrected chi connectivity index (χ1v) is 9.00. The van der Waals surface area contributed by atoms with Crippen LogP contribution in [0.2, 0.25) is 0 Å². The van der Waals surface area contributed by atoms with Gasteiger partial charge in [-0.15, -0.1) is 0 Å². The number of hydrogen-bond acceptors (Lipinski definition) is 4. The molecule has 22 heavy (non-hydrogen) atoms. The van der Waals surface area contributed by atoms with E-state index in [1.54, 1.807) is 0 Å². The Hall–Kier alpha value is -1.06. The Morgan fingerprint density at radius 2 is 1.73 bits per heavy atom. The zero-order valence-corrected chi connectivity index (χ0v) is 14.3. The second kappa shape index (κ2) is 11.5. The molecule has 0 aromatic rings. The smallest absolute Gasteiger partial charge is 0.306 e. The van der Waals surface area contributed by atoms with Crippen LogP contribution in [-0.2, 0) is 19.1 Å². The molecule has 0 N–H and O–H groups in total. The van der Waals surface area contributed by atoms with Gasteiger partial charge in [-0.2, -0.15) is 0 Å². The molecule has 0 aliphatic heterocycles. The van der Waals surface area contributed by atoms with E-state index >= 15 is 0 Å². The van der Waals surface area contributed by atoms with Crippen LogP contribution in [0.15, 0.2) is 0 Å². The van der Waals surface area contributed by atoms with Crippen LogP contribution < -0.4 is 0 Å². The number of rotatable bonds is 10. The quantitative estimate of drug-likeness (QED) is 0.561. The number of ether oxygens (including phenoxy) is 2. The Kier molecular flexibility index (Phi) is 9.93. The third-order valence-electron chi connectivity index (χ3n) is 4.33. The van der Waals surface area contributed by atoms with E-state index in [9.17, 15) is 9.59 Å². The Labute approximate surface area is 134 Å². The second-order valence-electron chi connectivity index (χ2n) is 6.35. The summed E-state index contributed by atoms with van der Waals surface area (Å²) in [5.41, 5.74) is 0. The van der Waals surface area contributed by atoms with Crippen LogP contribution in [0.4, 0.5) is 0 Å². The third kappa shape index (κ3) is 8.40. The van der Waals surface area contributed by atoms with Crippen molar-refractivity contribution in [3.8, 4) is 0 Å². The van der Waals surface area contributed by atoms with Crippen molar-refractivity contribution in [3.63, 3.8) is 0 Å². The summed E-state index contributed by atoms with van der Waals surface area (Å²) in [6, 6.07) is 0. The molecule has 1 atom stereocenters. The summed E-state index contributed by atoms with van der Waals surface area (Å²) in [6.07, 6.45) is 10.1. The van der Waals surface area contributed by atoms with Crippen LogP contribution in [0.5, 0.6) is 0 Å². The lowest BCUT2D eigenvalue weighted by molar-refractivity contribution is -0.150. The molecule has 4 nitrogen and oxygen atoms in total. The SMILES string of the molecule is CCCC(CC)OC(=O)CCCC(=O)OCC1CCCCC1. The van der Waals surface area contributed by atoms with Crippen LogP contribution >= 0.6 is 0 Å². The Balaban J connectivity index is 2.06. The van der Waals surface area contributed by atoms with Crippen molar-refractivity contribution >= 4 is 11.9 Å². The first kappa shape index (κ1) is 19.0. The van der Waals surface area contributed by atoms with Crippen LogP contribution in [0.3, 0.4) is 0 Å². The number of carbonyl (C=O) groups excluding carboxylic acids is 2. The van der Waals surface area contributed by atoms with Gasteiger partial charge >= 0.3 is 11.9 Å². The molecule has 1 aliphatic carbocycles. The molecule has 1 fully saturated rings. The molecule has 0 bridgehead atoms. The van der Waals surface area contributed by atoms with E-state index in [-0.39, 0.29) is 18.0 Å². The van der Waals surface area contributed by atoms with E-state index < -0.39 is 0 Å². The molecule has 0 saturated heterocycles. The molecular weight excluding hydrogens is 280 g/mol. The van der Waals surface area contributed by atoms with Crippen molar-refractivity contribution < 1.29 is 19.1 Å². The normalized spacial score (nSPS) is 17.0. The minimum Gasteiger partial charge on any atom is -0.465 e. The lowest BCUT2D eigenvalue weighted by atomic mass is 9.90. The monoisotopic (exact) mass is 312 g/mol. The van der Waals surface area contributed by atoms with E-state index in [4.69, 9.17) is 9.47 Å². The van der Waals surface area contributed by atoms with Gasteiger partial charge in [-0.3, -0.25) is 9.59 Å². The Morgan fingerprint density at radius 3 is 2.36 bits per heavy atom. The summed E-state index contributed by atoms with van der Waals surface area (Å²) in [7, 11) is 0. The lowest BCUT2D eigenvalue weighted by Crippen LogP contribution is -2.18. The zero-order valence-electron chi connectivity index (χ0n) is 14.3. The highest BCUT2D eigenvalue weighted by atomic mass is 16.5. The lowest BCUT2D eigenvalue weighted by Gasteiger charge is -2.21. The highest BCUT2D eigenvalue weighted by Gasteiger charge is 2.16. The van der Waals surface area contributed by atoms with Gasteiger partial charge in [0.25, 0.3) is 0 Å². The second-order valence-corrected chi connectivity index (χ2v) is 6.35. The highest BCUT2D eigenvalue weighted by Crippen LogP contribution is 2.23. The van der Waals surface area contributed by atoms with E-state index in [2.05, 4.69) is 6.92 Å². The van der Waals surface area contributed by atoms with E-state index in [0.29, 0.717) is 31.8 Å². The average molecular weight is 312 g/mol. The Bertz CT molecular complexity index is 321. The molecular formula is C18H32O4. The van der Waals surface area contributed by atoms with Crippen LogP contribution in [-0.4, -0.2) is 24.6 Å². The van der Waals surface area contributed by atoms with Crippen LogP contribution in [0, 0.1) is 5.92 Å². The van der Waals surface area contributed by atoms with Crippen molar-refractivity contribution in [2.75, 3.05) is 6.61 Å². The van der Waals surface area contributed by atoms with Crippen molar-refractivity contribution in [2.24, 2.45) is 5.92 Å². The Morgan fingerprint density at radius 1 is 1.05 bits per heavy atom.